The molecule has 0 aromatic rings. The molecule has 1 heterocycles. The van der Waals surface area contributed by atoms with Crippen LogP contribution in [0.15, 0.2) is 0 Å². The highest BCUT2D eigenvalue weighted by Crippen LogP contribution is 2.19. The smallest absolute Gasteiger partial charge is 0.0829 e. The molecule has 0 amide bonds. The summed E-state index contributed by atoms with van der Waals surface area (Å²) in [6.45, 7) is 12.3. The van der Waals surface area contributed by atoms with E-state index in [9.17, 15) is 0 Å². The van der Waals surface area contributed by atoms with Gasteiger partial charge in [0.05, 0.1) is 12.7 Å². The van der Waals surface area contributed by atoms with E-state index in [0.717, 1.165) is 39.2 Å². The molecule has 0 bridgehead atoms. The molecule has 4 heteroatoms. The van der Waals surface area contributed by atoms with Crippen molar-refractivity contribution < 1.29 is 4.74 Å². The summed E-state index contributed by atoms with van der Waals surface area (Å²) in [6, 6.07) is 0. The van der Waals surface area contributed by atoms with Gasteiger partial charge >= 0.3 is 0 Å². The van der Waals surface area contributed by atoms with E-state index < -0.39 is 0 Å². The first-order chi connectivity index (χ1) is 8.05. The van der Waals surface area contributed by atoms with Gasteiger partial charge in [0.1, 0.15) is 0 Å². The number of likely N-dealkylation sites (N-methyl/N-ethyl adjacent to an activating group) is 2. The van der Waals surface area contributed by atoms with Gasteiger partial charge in [-0.15, -0.1) is 0 Å². The van der Waals surface area contributed by atoms with E-state index in [1.807, 2.05) is 0 Å². The number of nitrogens with zero attached hydrogens (tertiary/aromatic N) is 2. The lowest BCUT2D eigenvalue weighted by Gasteiger charge is -2.42. The normalized spacial score (nSPS) is 26.1. The minimum absolute atomic E-state index is 0.105. The van der Waals surface area contributed by atoms with Crippen molar-refractivity contribution in [2.45, 2.75) is 38.8 Å². The van der Waals surface area contributed by atoms with Crippen molar-refractivity contribution in [3.8, 4) is 0 Å². The minimum Gasteiger partial charge on any atom is -0.374 e. The van der Waals surface area contributed by atoms with Gasteiger partial charge in [-0.2, -0.15) is 0 Å². The molecule has 2 N–H and O–H groups in total. The van der Waals surface area contributed by atoms with Crippen molar-refractivity contribution in [3.63, 3.8) is 0 Å². The summed E-state index contributed by atoms with van der Waals surface area (Å²) in [5, 5.41) is 0. The Bertz CT molecular complexity index is 219. The molecule has 1 fully saturated rings. The molecule has 102 valence electrons. The summed E-state index contributed by atoms with van der Waals surface area (Å²) >= 11 is 0. The van der Waals surface area contributed by atoms with Crippen molar-refractivity contribution in [3.05, 3.63) is 0 Å². The number of nitrogens with two attached hydrogens (primary N) is 1. The molecule has 0 aromatic heterocycles. The van der Waals surface area contributed by atoms with E-state index in [-0.39, 0.29) is 5.54 Å². The van der Waals surface area contributed by atoms with E-state index in [1.165, 1.54) is 0 Å². The quantitative estimate of drug-likeness (QED) is 0.748. The second kappa shape index (κ2) is 6.69. The Morgan fingerprint density at radius 2 is 2.18 bits per heavy atom. The van der Waals surface area contributed by atoms with E-state index >= 15 is 0 Å². The molecule has 4 nitrogen and oxygen atoms in total. The molecule has 1 saturated heterocycles. The molecule has 1 aliphatic rings. The first kappa shape index (κ1) is 14.9. The fraction of sp³-hybridized carbons (Fsp3) is 1.00. The summed E-state index contributed by atoms with van der Waals surface area (Å²) in [5.74, 6) is 0. The molecular weight excluding hydrogens is 214 g/mol. The Balaban J connectivity index is 2.56. The second-order valence-electron chi connectivity index (χ2n) is 5.35. The van der Waals surface area contributed by atoms with Gasteiger partial charge in [-0.3, -0.25) is 4.90 Å². The van der Waals surface area contributed by atoms with Crippen LogP contribution in [0.2, 0.25) is 0 Å². The van der Waals surface area contributed by atoms with Gasteiger partial charge in [0.2, 0.25) is 0 Å². The maximum absolute atomic E-state index is 5.93. The second-order valence-corrected chi connectivity index (χ2v) is 5.35. The Morgan fingerprint density at radius 1 is 1.47 bits per heavy atom. The average molecular weight is 243 g/mol. The summed E-state index contributed by atoms with van der Waals surface area (Å²) in [4.78, 5) is 4.81. The molecule has 1 aliphatic heterocycles. The summed E-state index contributed by atoms with van der Waals surface area (Å²) in [6.07, 6.45) is 1.41. The van der Waals surface area contributed by atoms with Crippen LogP contribution in [0.1, 0.15) is 27.2 Å². The molecule has 0 aromatic carbocycles. The first-order valence-electron chi connectivity index (χ1n) is 6.81. The Kier molecular flexibility index (Phi) is 5.86. The van der Waals surface area contributed by atoms with Crippen molar-refractivity contribution in [2.24, 2.45) is 5.73 Å². The summed E-state index contributed by atoms with van der Waals surface area (Å²) < 4.78 is 5.84. The monoisotopic (exact) mass is 243 g/mol. The third-order valence-corrected chi connectivity index (χ3v) is 4.11. The zero-order valence-electron chi connectivity index (χ0n) is 11.9. The van der Waals surface area contributed by atoms with Crippen LogP contribution in [0.5, 0.6) is 0 Å². The molecule has 0 saturated carbocycles. The molecule has 2 unspecified atom stereocenters. The van der Waals surface area contributed by atoms with Crippen LogP contribution in [0.3, 0.4) is 0 Å². The third kappa shape index (κ3) is 3.91. The van der Waals surface area contributed by atoms with Crippen molar-refractivity contribution >= 4 is 0 Å². The van der Waals surface area contributed by atoms with Crippen molar-refractivity contribution in [1.29, 1.82) is 0 Å². The van der Waals surface area contributed by atoms with Crippen LogP contribution >= 0.6 is 0 Å². The Morgan fingerprint density at radius 3 is 2.65 bits per heavy atom. The van der Waals surface area contributed by atoms with Gasteiger partial charge in [-0.05, 0) is 26.9 Å². The van der Waals surface area contributed by atoms with Crippen LogP contribution in [0.4, 0.5) is 0 Å². The van der Waals surface area contributed by atoms with Gasteiger partial charge in [-0.1, -0.05) is 13.8 Å². The summed E-state index contributed by atoms with van der Waals surface area (Å²) in [5.41, 5.74) is 6.04. The average Bonchev–Trinajstić information content (AvgIpc) is 2.35. The third-order valence-electron chi connectivity index (χ3n) is 4.11. The highest BCUT2D eigenvalue weighted by atomic mass is 16.5. The van der Waals surface area contributed by atoms with Gasteiger partial charge in [0.25, 0.3) is 0 Å². The van der Waals surface area contributed by atoms with Crippen LogP contribution < -0.4 is 5.73 Å². The van der Waals surface area contributed by atoms with Crippen LogP contribution in [-0.2, 0) is 4.74 Å². The molecule has 1 rings (SSSR count). The lowest BCUT2D eigenvalue weighted by molar-refractivity contribution is -0.0507. The van der Waals surface area contributed by atoms with Crippen LogP contribution in [0.25, 0.3) is 0 Å². The van der Waals surface area contributed by atoms with E-state index in [2.05, 4.69) is 37.6 Å². The van der Waals surface area contributed by atoms with E-state index in [0.29, 0.717) is 12.6 Å². The minimum atomic E-state index is 0.105. The van der Waals surface area contributed by atoms with Gasteiger partial charge < -0.3 is 15.4 Å². The standard InChI is InChI=1S/C13H29N3O/c1-5-13(3,11-14)16(6-2)10-12-9-15(4)7-8-17-12/h12H,5-11,14H2,1-4H3. The first-order valence-corrected chi connectivity index (χ1v) is 6.81. The zero-order valence-corrected chi connectivity index (χ0v) is 11.9. The lowest BCUT2D eigenvalue weighted by atomic mass is 9.96. The number of rotatable bonds is 6. The number of hydrogen-bond acceptors (Lipinski definition) is 4. The predicted molar refractivity (Wildman–Crippen MR) is 72.2 cm³/mol. The molecule has 0 spiro atoms. The Labute approximate surface area is 106 Å². The van der Waals surface area contributed by atoms with Crippen molar-refractivity contribution in [2.75, 3.05) is 46.4 Å². The van der Waals surface area contributed by atoms with E-state index in [4.69, 9.17) is 10.5 Å². The van der Waals surface area contributed by atoms with Gasteiger partial charge in [-0.25, -0.2) is 0 Å². The predicted octanol–water partition coefficient (Wildman–Crippen LogP) is 0.766. The molecule has 0 aliphatic carbocycles. The van der Waals surface area contributed by atoms with E-state index in [1.54, 1.807) is 0 Å². The Hall–Kier alpha value is -0.160. The molecule has 0 radical (unpaired) electrons. The lowest BCUT2D eigenvalue weighted by Crippen LogP contribution is -2.56. The number of hydrogen-bond donors (Lipinski definition) is 1. The van der Waals surface area contributed by atoms with Crippen LogP contribution in [-0.4, -0.2) is 67.8 Å². The topological polar surface area (TPSA) is 41.7 Å². The molecule has 17 heavy (non-hydrogen) atoms. The number of ether oxygens (including phenoxy) is 1. The highest BCUT2D eigenvalue weighted by Gasteiger charge is 2.30. The maximum Gasteiger partial charge on any atom is 0.0829 e. The van der Waals surface area contributed by atoms with Gasteiger partial charge in [0.15, 0.2) is 0 Å². The highest BCUT2D eigenvalue weighted by molar-refractivity contribution is 4.87. The van der Waals surface area contributed by atoms with Crippen molar-refractivity contribution in [1.82, 2.24) is 9.80 Å². The zero-order chi connectivity index (χ0) is 12.9. The molecular formula is C13H29N3O. The fourth-order valence-corrected chi connectivity index (χ4v) is 2.45. The fourth-order valence-electron chi connectivity index (χ4n) is 2.45. The molecule has 2 atom stereocenters. The summed E-state index contributed by atoms with van der Waals surface area (Å²) in [7, 11) is 2.16. The van der Waals surface area contributed by atoms with Gasteiger partial charge in [0, 0.05) is 31.7 Å². The maximum atomic E-state index is 5.93. The SMILES string of the molecule is CCN(CC1CN(C)CCO1)C(C)(CC)CN. The van der Waals surface area contributed by atoms with Crippen LogP contribution in [0, 0.1) is 0 Å². The number of morpholine rings is 1. The largest absolute Gasteiger partial charge is 0.374 e.